The fourth-order valence-corrected chi connectivity index (χ4v) is 2.58. The molecule has 2 heterocycles. The van der Waals surface area contributed by atoms with Gasteiger partial charge in [-0.3, -0.25) is 0 Å². The van der Waals surface area contributed by atoms with Gasteiger partial charge in [-0.05, 0) is 6.92 Å². The number of nitrogens with zero attached hydrogens (tertiary/aromatic N) is 1. The molecule has 1 aliphatic rings. The van der Waals surface area contributed by atoms with Crippen LogP contribution in [-0.2, 0) is 14.3 Å². The molecule has 0 unspecified atom stereocenters. The van der Waals surface area contributed by atoms with E-state index in [0.717, 1.165) is 0 Å². The van der Waals surface area contributed by atoms with E-state index in [0.29, 0.717) is 11.7 Å². The molecule has 0 spiro atoms. The Kier molecular flexibility index (Phi) is 6.52. The number of urea groups is 1. The van der Waals surface area contributed by atoms with Crippen LogP contribution in [0.4, 0.5) is 9.93 Å². The minimum Gasteiger partial charge on any atom is -0.463 e. The Bertz CT molecular complexity index is 713. The molecule has 0 saturated carbocycles. The predicted molar refractivity (Wildman–Crippen MR) is 91.3 cm³/mol. The van der Waals surface area contributed by atoms with E-state index in [4.69, 9.17) is 9.47 Å². The molecule has 0 aromatic carbocycles. The van der Waals surface area contributed by atoms with E-state index in [1.165, 1.54) is 11.3 Å². The van der Waals surface area contributed by atoms with Gasteiger partial charge in [-0.15, -0.1) is 17.9 Å². The number of anilines is 1. The molecule has 134 valence electrons. The first-order chi connectivity index (χ1) is 12.0. The average molecular weight is 366 g/mol. The molecule has 25 heavy (non-hydrogen) atoms. The van der Waals surface area contributed by atoms with Crippen LogP contribution >= 0.6 is 11.3 Å². The molecule has 10 heteroatoms. The number of hydrogen-bond acceptors (Lipinski definition) is 8. The number of ether oxygens (including phenoxy) is 2. The van der Waals surface area contributed by atoms with E-state index in [-0.39, 0.29) is 36.7 Å². The topological polar surface area (TPSA) is 119 Å². The minimum absolute atomic E-state index is 0.00384. The van der Waals surface area contributed by atoms with Gasteiger partial charge in [-0.2, -0.15) is 0 Å². The number of amides is 2. The summed E-state index contributed by atoms with van der Waals surface area (Å²) in [4.78, 5) is 39.5. The maximum absolute atomic E-state index is 12.1. The zero-order valence-electron chi connectivity index (χ0n) is 13.6. The number of carbonyl (C=O) groups excluding carboxylic acids is 3. The summed E-state index contributed by atoms with van der Waals surface area (Å²) in [6, 6.07) is -0.483. The molecule has 0 atom stereocenters. The van der Waals surface area contributed by atoms with Crippen LogP contribution in [0.15, 0.2) is 29.3 Å². The van der Waals surface area contributed by atoms with Gasteiger partial charge in [0.25, 0.3) is 0 Å². The first kappa shape index (κ1) is 18.5. The van der Waals surface area contributed by atoms with Crippen LogP contribution in [0.3, 0.4) is 0 Å². The Hall–Kier alpha value is -2.88. The van der Waals surface area contributed by atoms with E-state index in [1.807, 2.05) is 0 Å². The summed E-state index contributed by atoms with van der Waals surface area (Å²) in [7, 11) is 0. The summed E-state index contributed by atoms with van der Waals surface area (Å²) >= 11 is 1.26. The number of thiazole rings is 1. The molecule has 0 fully saturated rings. The Morgan fingerprint density at radius 3 is 2.96 bits per heavy atom. The highest BCUT2D eigenvalue weighted by Crippen LogP contribution is 2.16. The van der Waals surface area contributed by atoms with E-state index >= 15 is 0 Å². The second kappa shape index (κ2) is 8.83. The maximum atomic E-state index is 12.1. The van der Waals surface area contributed by atoms with Crippen LogP contribution in [-0.4, -0.2) is 49.3 Å². The molecule has 0 aliphatic carbocycles. The second-order valence-corrected chi connectivity index (χ2v) is 5.63. The average Bonchev–Trinajstić information content (AvgIpc) is 3.07. The van der Waals surface area contributed by atoms with E-state index < -0.39 is 18.0 Å². The summed E-state index contributed by atoms with van der Waals surface area (Å²) in [5, 5.41) is 10.0. The molecule has 2 rings (SSSR count). The Balaban J connectivity index is 2.02. The van der Waals surface area contributed by atoms with E-state index in [2.05, 4.69) is 27.5 Å². The lowest BCUT2D eigenvalue weighted by Crippen LogP contribution is -2.45. The lowest BCUT2D eigenvalue weighted by molar-refractivity contribution is -0.138. The molecular weight excluding hydrogens is 348 g/mol. The van der Waals surface area contributed by atoms with Crippen molar-refractivity contribution < 1.29 is 23.9 Å². The van der Waals surface area contributed by atoms with Crippen LogP contribution in [0.25, 0.3) is 0 Å². The molecule has 2 amide bonds. The molecule has 1 aromatic heterocycles. The van der Waals surface area contributed by atoms with Crippen LogP contribution in [0.2, 0.25) is 0 Å². The second-order valence-electron chi connectivity index (χ2n) is 4.77. The summed E-state index contributed by atoms with van der Waals surface area (Å²) < 4.78 is 10.1. The van der Waals surface area contributed by atoms with Gasteiger partial charge in [0.2, 0.25) is 0 Å². The Morgan fingerprint density at radius 2 is 2.24 bits per heavy atom. The van der Waals surface area contributed by atoms with Crippen molar-refractivity contribution in [3.63, 3.8) is 0 Å². The highest BCUT2D eigenvalue weighted by atomic mass is 32.1. The Labute approximate surface area is 148 Å². The number of carbonyl (C=O) groups is 3. The molecule has 1 aliphatic heterocycles. The van der Waals surface area contributed by atoms with Gasteiger partial charge in [-0.25, -0.2) is 19.4 Å². The summed E-state index contributed by atoms with van der Waals surface area (Å²) in [5.74, 6) is -1.24. The summed E-state index contributed by atoms with van der Waals surface area (Å²) in [5.41, 5.74) is 0.534. The third-order valence-corrected chi connectivity index (χ3v) is 3.83. The standard InChI is InChI=1S/C15H18N4O5S/c1-3-5-16-15-19-11(8-25-15)13(21)24-7-10-9(12(20)23-4-2)6-17-14(22)18-10/h3,8H,1,4-7H2,2H3,(H,16,19)(H2,17,18,22). The normalized spacial score (nSPS) is 13.6. The van der Waals surface area contributed by atoms with Crippen molar-refractivity contribution in [2.24, 2.45) is 0 Å². The van der Waals surface area contributed by atoms with Gasteiger partial charge in [-0.1, -0.05) is 6.08 Å². The third kappa shape index (κ3) is 5.05. The van der Waals surface area contributed by atoms with E-state index in [9.17, 15) is 14.4 Å². The van der Waals surface area contributed by atoms with Crippen molar-refractivity contribution in [3.05, 3.63) is 35.0 Å². The van der Waals surface area contributed by atoms with Crippen molar-refractivity contribution >= 4 is 34.4 Å². The molecule has 0 radical (unpaired) electrons. The largest absolute Gasteiger partial charge is 0.463 e. The van der Waals surface area contributed by atoms with Gasteiger partial charge in [0, 0.05) is 11.9 Å². The van der Waals surface area contributed by atoms with Crippen molar-refractivity contribution in [1.29, 1.82) is 0 Å². The number of aromatic nitrogens is 1. The zero-order chi connectivity index (χ0) is 18.2. The van der Waals surface area contributed by atoms with Gasteiger partial charge in [0.15, 0.2) is 10.8 Å². The molecular formula is C15H18N4O5S. The van der Waals surface area contributed by atoms with Crippen LogP contribution in [0.5, 0.6) is 0 Å². The number of esters is 2. The molecule has 0 bridgehead atoms. The van der Waals surface area contributed by atoms with Gasteiger partial charge in [0.05, 0.1) is 24.4 Å². The highest BCUT2D eigenvalue weighted by molar-refractivity contribution is 7.13. The molecule has 9 nitrogen and oxygen atoms in total. The van der Waals surface area contributed by atoms with Crippen molar-refractivity contribution in [3.8, 4) is 0 Å². The van der Waals surface area contributed by atoms with Crippen LogP contribution < -0.4 is 16.0 Å². The lowest BCUT2D eigenvalue weighted by atomic mass is 10.2. The number of nitrogens with one attached hydrogen (secondary N) is 3. The number of hydrogen-bond donors (Lipinski definition) is 3. The van der Waals surface area contributed by atoms with Gasteiger partial charge in [0.1, 0.15) is 6.61 Å². The maximum Gasteiger partial charge on any atom is 0.358 e. The fourth-order valence-electron chi connectivity index (χ4n) is 1.89. The lowest BCUT2D eigenvalue weighted by Gasteiger charge is -2.20. The molecule has 0 saturated heterocycles. The number of rotatable bonds is 8. The SMILES string of the molecule is C=CCNc1nc(C(=O)OCC2=C(C(=O)OCC)CNC(=O)N2)cs1. The first-order valence-corrected chi connectivity index (χ1v) is 8.34. The monoisotopic (exact) mass is 366 g/mol. The summed E-state index contributed by atoms with van der Waals surface area (Å²) in [6.07, 6.45) is 1.67. The summed E-state index contributed by atoms with van der Waals surface area (Å²) in [6.45, 7) is 5.71. The Morgan fingerprint density at radius 1 is 1.44 bits per heavy atom. The van der Waals surface area contributed by atoms with E-state index in [1.54, 1.807) is 18.4 Å². The predicted octanol–water partition coefficient (Wildman–Crippen LogP) is 1.03. The van der Waals surface area contributed by atoms with Crippen molar-refractivity contribution in [1.82, 2.24) is 15.6 Å². The molecule has 3 N–H and O–H groups in total. The van der Waals surface area contributed by atoms with Crippen LogP contribution in [0, 0.1) is 0 Å². The minimum atomic E-state index is -0.661. The van der Waals surface area contributed by atoms with Gasteiger partial charge < -0.3 is 25.4 Å². The fraction of sp³-hybridized carbons (Fsp3) is 0.333. The van der Waals surface area contributed by atoms with Gasteiger partial charge >= 0.3 is 18.0 Å². The van der Waals surface area contributed by atoms with Crippen LogP contribution in [0.1, 0.15) is 17.4 Å². The van der Waals surface area contributed by atoms with Crippen molar-refractivity contribution in [2.45, 2.75) is 6.92 Å². The quantitative estimate of drug-likeness (QED) is 0.464. The van der Waals surface area contributed by atoms with Crippen molar-refractivity contribution in [2.75, 3.05) is 31.6 Å². The zero-order valence-corrected chi connectivity index (χ0v) is 14.4. The molecule has 1 aromatic rings. The first-order valence-electron chi connectivity index (χ1n) is 7.46. The smallest absolute Gasteiger partial charge is 0.358 e. The highest BCUT2D eigenvalue weighted by Gasteiger charge is 2.25. The third-order valence-electron chi connectivity index (χ3n) is 3.03.